The van der Waals surface area contributed by atoms with Crippen molar-refractivity contribution < 1.29 is 5.11 Å². The molecule has 1 heterocycles. The summed E-state index contributed by atoms with van der Waals surface area (Å²) >= 11 is 0. The Morgan fingerprint density at radius 2 is 1.72 bits per heavy atom. The van der Waals surface area contributed by atoms with Gasteiger partial charge in [-0.1, -0.05) is 40.0 Å². The minimum atomic E-state index is -0.406. The molecule has 1 saturated carbocycles. The molecule has 0 aromatic carbocycles. The monoisotopic (exact) mass is 253 g/mol. The largest absolute Gasteiger partial charge is 0.388 e. The number of likely N-dealkylation sites (tertiary alicyclic amines) is 1. The molecule has 0 spiro atoms. The first-order valence-corrected chi connectivity index (χ1v) is 7.75. The molecule has 0 aromatic heterocycles. The van der Waals surface area contributed by atoms with Crippen LogP contribution in [0.5, 0.6) is 0 Å². The number of piperidine rings is 1. The summed E-state index contributed by atoms with van der Waals surface area (Å²) in [6, 6.07) is 0.385. The summed E-state index contributed by atoms with van der Waals surface area (Å²) in [5.41, 5.74) is -0.0263. The zero-order valence-corrected chi connectivity index (χ0v) is 12.7. The number of hydrogen-bond acceptors (Lipinski definition) is 2. The summed E-state index contributed by atoms with van der Waals surface area (Å²) in [6.07, 6.45) is 8.21. The lowest BCUT2D eigenvalue weighted by molar-refractivity contribution is -0.0939. The van der Waals surface area contributed by atoms with Crippen molar-refractivity contribution >= 4 is 0 Å². The Hall–Kier alpha value is -0.0800. The third-order valence-electron chi connectivity index (χ3n) is 5.43. The molecule has 106 valence electrons. The van der Waals surface area contributed by atoms with Crippen molar-refractivity contribution in [2.45, 2.75) is 77.4 Å². The third kappa shape index (κ3) is 2.91. The molecule has 0 unspecified atom stereocenters. The first kappa shape index (κ1) is 14.3. The standard InChI is InChI=1S/C16H31NO/c1-15(2,3)13-8-11-17(4)14(12-13)16(18)9-6-5-7-10-16/h13-14,18H,5-12H2,1-4H3/t13-,14+/m1/s1. The van der Waals surface area contributed by atoms with Crippen molar-refractivity contribution in [1.82, 2.24) is 4.90 Å². The maximum atomic E-state index is 11.0. The van der Waals surface area contributed by atoms with E-state index in [0.717, 1.165) is 25.3 Å². The van der Waals surface area contributed by atoms with Crippen LogP contribution in [0.2, 0.25) is 0 Å². The first-order valence-electron chi connectivity index (χ1n) is 7.75. The Bertz CT molecular complexity index is 275. The van der Waals surface area contributed by atoms with Crippen LogP contribution >= 0.6 is 0 Å². The van der Waals surface area contributed by atoms with E-state index in [0.29, 0.717) is 11.5 Å². The Morgan fingerprint density at radius 1 is 1.11 bits per heavy atom. The van der Waals surface area contributed by atoms with Gasteiger partial charge in [0.2, 0.25) is 0 Å². The summed E-state index contributed by atoms with van der Waals surface area (Å²) in [5, 5.41) is 11.0. The molecule has 2 fully saturated rings. The van der Waals surface area contributed by atoms with Crippen LogP contribution in [0.25, 0.3) is 0 Å². The van der Waals surface area contributed by atoms with Gasteiger partial charge >= 0.3 is 0 Å². The minimum absolute atomic E-state index is 0.380. The Kier molecular flexibility index (Phi) is 4.08. The van der Waals surface area contributed by atoms with Crippen molar-refractivity contribution in [3.05, 3.63) is 0 Å². The van der Waals surface area contributed by atoms with Crippen LogP contribution in [0.3, 0.4) is 0 Å². The predicted molar refractivity (Wildman–Crippen MR) is 76.6 cm³/mol. The molecule has 2 nitrogen and oxygen atoms in total. The molecule has 2 atom stereocenters. The summed E-state index contributed by atoms with van der Waals surface area (Å²) in [7, 11) is 2.20. The van der Waals surface area contributed by atoms with Crippen LogP contribution in [0.4, 0.5) is 0 Å². The highest BCUT2D eigenvalue weighted by Gasteiger charge is 2.44. The van der Waals surface area contributed by atoms with E-state index in [1.165, 1.54) is 32.1 Å². The zero-order chi connectivity index (χ0) is 13.4. The van der Waals surface area contributed by atoms with Gasteiger partial charge < -0.3 is 10.0 Å². The average Bonchev–Trinajstić information content (AvgIpc) is 2.28. The van der Waals surface area contributed by atoms with Gasteiger partial charge in [-0.3, -0.25) is 0 Å². The van der Waals surface area contributed by atoms with Crippen molar-refractivity contribution in [1.29, 1.82) is 0 Å². The smallest absolute Gasteiger partial charge is 0.0802 e. The van der Waals surface area contributed by atoms with E-state index >= 15 is 0 Å². The van der Waals surface area contributed by atoms with E-state index in [2.05, 4.69) is 32.7 Å². The number of nitrogens with zero attached hydrogens (tertiary/aromatic N) is 1. The average molecular weight is 253 g/mol. The molecule has 2 aliphatic rings. The van der Waals surface area contributed by atoms with Crippen LogP contribution < -0.4 is 0 Å². The molecule has 18 heavy (non-hydrogen) atoms. The molecule has 0 bridgehead atoms. The van der Waals surface area contributed by atoms with Crippen LogP contribution in [-0.2, 0) is 0 Å². The zero-order valence-electron chi connectivity index (χ0n) is 12.7. The fourth-order valence-electron chi connectivity index (χ4n) is 4.00. The van der Waals surface area contributed by atoms with E-state index in [4.69, 9.17) is 0 Å². The molecular formula is C16H31NO. The van der Waals surface area contributed by atoms with Gasteiger partial charge in [0.15, 0.2) is 0 Å². The van der Waals surface area contributed by atoms with Crippen LogP contribution in [0.15, 0.2) is 0 Å². The van der Waals surface area contributed by atoms with Crippen LogP contribution in [0, 0.1) is 11.3 Å². The molecule has 0 radical (unpaired) electrons. The lowest BCUT2D eigenvalue weighted by atomic mass is 9.68. The lowest BCUT2D eigenvalue weighted by Gasteiger charge is -2.50. The first-order chi connectivity index (χ1) is 8.33. The number of hydrogen-bond donors (Lipinski definition) is 1. The second kappa shape index (κ2) is 5.13. The van der Waals surface area contributed by atoms with Gasteiger partial charge in [-0.05, 0) is 50.6 Å². The number of rotatable bonds is 1. The Labute approximate surface area is 113 Å². The van der Waals surface area contributed by atoms with E-state index in [-0.39, 0.29) is 0 Å². The summed E-state index contributed by atoms with van der Waals surface area (Å²) in [6.45, 7) is 8.20. The summed E-state index contributed by atoms with van der Waals surface area (Å²) in [4.78, 5) is 2.42. The molecule has 1 N–H and O–H groups in total. The highest BCUT2D eigenvalue weighted by molar-refractivity contribution is 4.99. The molecule has 1 aliphatic heterocycles. The molecule has 1 aliphatic carbocycles. The highest BCUT2D eigenvalue weighted by Crippen LogP contribution is 2.42. The van der Waals surface area contributed by atoms with Crippen molar-refractivity contribution in [2.24, 2.45) is 11.3 Å². The third-order valence-corrected chi connectivity index (χ3v) is 5.43. The van der Waals surface area contributed by atoms with E-state index < -0.39 is 5.60 Å². The predicted octanol–water partition coefficient (Wildman–Crippen LogP) is 3.44. The fraction of sp³-hybridized carbons (Fsp3) is 1.00. The van der Waals surface area contributed by atoms with E-state index in [9.17, 15) is 5.11 Å². The molecule has 1 saturated heterocycles. The van der Waals surface area contributed by atoms with Crippen LogP contribution in [-0.4, -0.2) is 35.2 Å². The number of aliphatic hydroxyl groups is 1. The Balaban J connectivity index is 2.09. The molecule has 0 amide bonds. The summed E-state index contributed by atoms with van der Waals surface area (Å²) < 4.78 is 0. The highest BCUT2D eigenvalue weighted by atomic mass is 16.3. The number of likely N-dealkylation sites (N-methyl/N-ethyl adjacent to an activating group) is 1. The molecule has 2 heteroatoms. The maximum Gasteiger partial charge on any atom is 0.0802 e. The lowest BCUT2D eigenvalue weighted by Crippen LogP contribution is -2.56. The van der Waals surface area contributed by atoms with Crippen molar-refractivity contribution in [3.63, 3.8) is 0 Å². The van der Waals surface area contributed by atoms with Gasteiger partial charge in [-0.25, -0.2) is 0 Å². The second-order valence-electron chi connectivity index (χ2n) is 7.75. The van der Waals surface area contributed by atoms with Crippen molar-refractivity contribution in [3.8, 4) is 0 Å². The summed E-state index contributed by atoms with van der Waals surface area (Å²) in [5.74, 6) is 0.754. The Morgan fingerprint density at radius 3 is 2.28 bits per heavy atom. The van der Waals surface area contributed by atoms with Crippen molar-refractivity contribution in [2.75, 3.05) is 13.6 Å². The maximum absolute atomic E-state index is 11.0. The van der Waals surface area contributed by atoms with E-state index in [1.807, 2.05) is 0 Å². The van der Waals surface area contributed by atoms with Gasteiger partial charge in [0.1, 0.15) is 0 Å². The quantitative estimate of drug-likeness (QED) is 0.774. The second-order valence-corrected chi connectivity index (χ2v) is 7.75. The molecular weight excluding hydrogens is 222 g/mol. The van der Waals surface area contributed by atoms with Crippen LogP contribution in [0.1, 0.15) is 65.7 Å². The topological polar surface area (TPSA) is 23.5 Å². The van der Waals surface area contributed by atoms with E-state index in [1.54, 1.807) is 0 Å². The molecule has 2 rings (SSSR count). The van der Waals surface area contributed by atoms with Gasteiger partial charge in [0.25, 0.3) is 0 Å². The van der Waals surface area contributed by atoms with Gasteiger partial charge in [-0.2, -0.15) is 0 Å². The van der Waals surface area contributed by atoms with Gasteiger partial charge in [0, 0.05) is 6.04 Å². The fourth-order valence-corrected chi connectivity index (χ4v) is 4.00. The SMILES string of the molecule is CN1CC[C@@H](C(C)(C)C)C[C@H]1C1(O)CCCCC1. The molecule has 0 aromatic rings. The van der Waals surface area contributed by atoms with Gasteiger partial charge in [-0.15, -0.1) is 0 Å². The van der Waals surface area contributed by atoms with Gasteiger partial charge in [0.05, 0.1) is 5.60 Å². The normalized spacial score (nSPS) is 34.5. The minimum Gasteiger partial charge on any atom is -0.388 e.